The molecule has 0 aromatic rings. The first kappa shape index (κ1) is 14.3. The SMILES string of the molecule is C=C(C)C(=O)NCCC[SiH2]OC(C)OC. The highest BCUT2D eigenvalue weighted by Gasteiger charge is 2.01. The topological polar surface area (TPSA) is 47.6 Å². The third-order valence-electron chi connectivity index (χ3n) is 1.93. The van der Waals surface area contributed by atoms with Gasteiger partial charge < -0.3 is 14.5 Å². The van der Waals surface area contributed by atoms with Crippen molar-refractivity contribution in [2.75, 3.05) is 13.7 Å². The Hall–Kier alpha value is -0.653. The molecule has 88 valence electrons. The molecule has 0 aliphatic carbocycles. The number of amides is 1. The number of methoxy groups -OCH3 is 1. The van der Waals surface area contributed by atoms with Gasteiger partial charge in [-0.05, 0) is 26.3 Å². The second-order valence-electron chi connectivity index (χ2n) is 3.42. The van der Waals surface area contributed by atoms with Crippen molar-refractivity contribution < 1.29 is 14.0 Å². The predicted molar refractivity (Wildman–Crippen MR) is 63.3 cm³/mol. The van der Waals surface area contributed by atoms with Crippen LogP contribution < -0.4 is 5.32 Å². The lowest BCUT2D eigenvalue weighted by Crippen LogP contribution is -2.25. The van der Waals surface area contributed by atoms with Crippen LogP contribution in [0.4, 0.5) is 0 Å². The Bertz CT molecular complexity index is 209. The zero-order valence-corrected chi connectivity index (χ0v) is 11.3. The van der Waals surface area contributed by atoms with Crippen LogP contribution in [0.5, 0.6) is 0 Å². The molecule has 0 aromatic carbocycles. The maximum Gasteiger partial charge on any atom is 0.246 e. The molecule has 1 amide bonds. The third kappa shape index (κ3) is 8.35. The highest BCUT2D eigenvalue weighted by molar-refractivity contribution is 6.27. The Labute approximate surface area is 94.0 Å². The summed E-state index contributed by atoms with van der Waals surface area (Å²) in [7, 11) is 1.12. The van der Waals surface area contributed by atoms with E-state index in [-0.39, 0.29) is 12.2 Å². The van der Waals surface area contributed by atoms with Gasteiger partial charge in [0.25, 0.3) is 0 Å². The van der Waals surface area contributed by atoms with Crippen LogP contribution in [0.25, 0.3) is 0 Å². The molecule has 0 aliphatic rings. The summed E-state index contributed by atoms with van der Waals surface area (Å²) in [6.07, 6.45) is 0.864. The van der Waals surface area contributed by atoms with E-state index >= 15 is 0 Å². The molecule has 0 saturated carbocycles. The smallest absolute Gasteiger partial charge is 0.246 e. The van der Waals surface area contributed by atoms with E-state index in [0.717, 1.165) is 12.5 Å². The molecule has 0 spiro atoms. The van der Waals surface area contributed by atoms with Crippen molar-refractivity contribution >= 4 is 15.7 Å². The minimum absolute atomic E-state index is 0.0668. The summed E-state index contributed by atoms with van der Waals surface area (Å²) in [5.41, 5.74) is 0.552. The number of ether oxygens (including phenoxy) is 1. The standard InChI is InChI=1S/C10H21NO3Si/c1-8(2)10(12)11-6-5-7-15-14-9(3)13-4/h9H,1,5-7,15H2,2-4H3,(H,11,12). The van der Waals surface area contributed by atoms with E-state index in [1.54, 1.807) is 14.0 Å². The van der Waals surface area contributed by atoms with Crippen LogP contribution in [-0.4, -0.2) is 35.6 Å². The second kappa shape index (κ2) is 8.64. The Morgan fingerprint density at radius 1 is 1.60 bits per heavy atom. The molecule has 0 heterocycles. The predicted octanol–water partition coefficient (Wildman–Crippen LogP) is 0.580. The monoisotopic (exact) mass is 231 g/mol. The van der Waals surface area contributed by atoms with Gasteiger partial charge >= 0.3 is 0 Å². The van der Waals surface area contributed by atoms with Gasteiger partial charge in [0, 0.05) is 19.2 Å². The minimum Gasteiger partial charge on any atom is -0.400 e. The van der Waals surface area contributed by atoms with E-state index < -0.39 is 9.76 Å². The highest BCUT2D eigenvalue weighted by Crippen LogP contribution is 1.94. The number of hydrogen-bond acceptors (Lipinski definition) is 3. The maximum atomic E-state index is 11.1. The van der Waals surface area contributed by atoms with Crippen LogP contribution in [0.15, 0.2) is 12.2 Å². The average Bonchev–Trinajstić information content (AvgIpc) is 2.22. The molecule has 0 rings (SSSR count). The molecule has 0 fully saturated rings. The molecule has 0 radical (unpaired) electrons. The summed E-state index contributed by atoms with van der Waals surface area (Å²) in [5.74, 6) is -0.0668. The van der Waals surface area contributed by atoms with Gasteiger partial charge in [-0.3, -0.25) is 4.79 Å². The van der Waals surface area contributed by atoms with Crippen LogP contribution >= 0.6 is 0 Å². The van der Waals surface area contributed by atoms with Gasteiger partial charge in [-0.1, -0.05) is 6.58 Å². The lowest BCUT2D eigenvalue weighted by atomic mass is 10.3. The molecule has 4 nitrogen and oxygen atoms in total. The number of nitrogens with one attached hydrogen (secondary N) is 1. The molecule has 0 saturated heterocycles. The molecule has 1 unspecified atom stereocenters. The van der Waals surface area contributed by atoms with Gasteiger partial charge in [-0.25, -0.2) is 0 Å². The lowest BCUT2D eigenvalue weighted by molar-refractivity contribution is -0.117. The fourth-order valence-electron chi connectivity index (χ4n) is 0.897. The molecule has 15 heavy (non-hydrogen) atoms. The van der Waals surface area contributed by atoms with Crippen LogP contribution in [0, 0.1) is 0 Å². The van der Waals surface area contributed by atoms with Crippen molar-refractivity contribution in [3.63, 3.8) is 0 Å². The minimum atomic E-state index is -0.510. The molecule has 1 atom stereocenters. The Morgan fingerprint density at radius 3 is 2.80 bits per heavy atom. The quantitative estimate of drug-likeness (QED) is 0.288. The largest absolute Gasteiger partial charge is 0.400 e. The second-order valence-corrected chi connectivity index (χ2v) is 4.87. The summed E-state index contributed by atoms with van der Waals surface area (Å²) in [4.78, 5) is 11.1. The van der Waals surface area contributed by atoms with Gasteiger partial charge in [0.2, 0.25) is 5.91 Å². The van der Waals surface area contributed by atoms with Crippen LogP contribution in [0.2, 0.25) is 6.04 Å². The fourth-order valence-corrected chi connectivity index (χ4v) is 1.99. The van der Waals surface area contributed by atoms with E-state index in [2.05, 4.69) is 11.9 Å². The lowest BCUT2D eigenvalue weighted by Gasteiger charge is -2.10. The molecule has 0 bridgehead atoms. The first-order valence-electron chi connectivity index (χ1n) is 5.16. The summed E-state index contributed by atoms with van der Waals surface area (Å²) in [6.45, 7) is 7.84. The maximum absolute atomic E-state index is 11.1. The van der Waals surface area contributed by atoms with Crippen molar-refractivity contribution in [2.45, 2.75) is 32.6 Å². The number of carbonyl (C=O) groups is 1. The van der Waals surface area contributed by atoms with Crippen molar-refractivity contribution in [3.05, 3.63) is 12.2 Å². The van der Waals surface area contributed by atoms with Gasteiger partial charge in [-0.15, -0.1) is 0 Å². The van der Waals surface area contributed by atoms with E-state index in [4.69, 9.17) is 9.16 Å². The molecule has 0 aromatic heterocycles. The van der Waals surface area contributed by atoms with Gasteiger partial charge in [0.15, 0.2) is 9.76 Å². The number of hydrogen-bond donors (Lipinski definition) is 1. The Morgan fingerprint density at radius 2 is 2.27 bits per heavy atom. The Balaban J connectivity index is 3.25. The summed E-state index contributed by atoms with van der Waals surface area (Å²) in [5, 5.41) is 2.78. The van der Waals surface area contributed by atoms with Gasteiger partial charge in [0.1, 0.15) is 6.29 Å². The number of rotatable bonds is 8. The molecule has 5 heteroatoms. The summed E-state index contributed by atoms with van der Waals surface area (Å²) in [6, 6.07) is 1.05. The average molecular weight is 231 g/mol. The summed E-state index contributed by atoms with van der Waals surface area (Å²) < 4.78 is 10.4. The summed E-state index contributed by atoms with van der Waals surface area (Å²) >= 11 is 0. The van der Waals surface area contributed by atoms with Gasteiger partial charge in [0.05, 0.1) is 0 Å². The van der Waals surface area contributed by atoms with Crippen LogP contribution in [-0.2, 0) is 14.0 Å². The van der Waals surface area contributed by atoms with Crippen molar-refractivity contribution in [3.8, 4) is 0 Å². The Kier molecular flexibility index (Phi) is 8.26. The van der Waals surface area contributed by atoms with Crippen molar-refractivity contribution in [2.24, 2.45) is 0 Å². The molecular formula is C10H21NO3Si. The van der Waals surface area contributed by atoms with E-state index in [1.807, 2.05) is 6.92 Å². The van der Waals surface area contributed by atoms with E-state index in [9.17, 15) is 4.79 Å². The van der Waals surface area contributed by atoms with E-state index in [1.165, 1.54) is 0 Å². The molecule has 0 aliphatic heterocycles. The first-order chi connectivity index (χ1) is 7.07. The van der Waals surface area contributed by atoms with Crippen LogP contribution in [0.1, 0.15) is 20.3 Å². The number of carbonyl (C=O) groups excluding carboxylic acids is 1. The zero-order chi connectivity index (χ0) is 11.7. The molecular weight excluding hydrogens is 210 g/mol. The first-order valence-corrected chi connectivity index (χ1v) is 6.73. The normalized spacial score (nSPS) is 13.0. The zero-order valence-electron chi connectivity index (χ0n) is 9.84. The van der Waals surface area contributed by atoms with E-state index in [0.29, 0.717) is 12.1 Å². The van der Waals surface area contributed by atoms with Gasteiger partial charge in [-0.2, -0.15) is 0 Å². The van der Waals surface area contributed by atoms with Crippen molar-refractivity contribution in [1.82, 2.24) is 5.32 Å². The third-order valence-corrected chi connectivity index (χ3v) is 3.42. The van der Waals surface area contributed by atoms with Crippen LogP contribution in [0.3, 0.4) is 0 Å². The fraction of sp³-hybridized carbons (Fsp3) is 0.700. The highest BCUT2D eigenvalue weighted by atomic mass is 28.2. The van der Waals surface area contributed by atoms with Crippen molar-refractivity contribution in [1.29, 1.82) is 0 Å². The molecule has 1 N–H and O–H groups in total.